The number of hydrogen-bond donors (Lipinski definition) is 2. The number of carbonyl (C=O) groups excluding carboxylic acids is 2. The minimum atomic E-state index is -4.43. The van der Waals surface area contributed by atoms with E-state index in [2.05, 4.69) is 245 Å². The Labute approximate surface area is 568 Å². The van der Waals surface area contributed by atoms with E-state index >= 15 is 0 Å². The van der Waals surface area contributed by atoms with Gasteiger partial charge in [0.15, 0.2) is 6.10 Å². The van der Waals surface area contributed by atoms with Crippen molar-refractivity contribution in [2.24, 2.45) is 5.73 Å². The van der Waals surface area contributed by atoms with Crippen LogP contribution in [0.1, 0.15) is 245 Å². The maximum absolute atomic E-state index is 12.8. The molecule has 2 unspecified atom stereocenters. The molecule has 0 fully saturated rings. The van der Waals surface area contributed by atoms with E-state index in [0.717, 1.165) is 161 Å². The minimum absolute atomic E-state index is 0.0333. The van der Waals surface area contributed by atoms with Crippen LogP contribution in [0, 0.1) is 0 Å². The Morgan fingerprint density at radius 2 is 0.559 bits per heavy atom. The average Bonchev–Trinajstić information content (AvgIpc) is 3.60. The molecule has 2 atom stereocenters. The second-order valence-corrected chi connectivity index (χ2v) is 24.1. The molecule has 518 valence electrons. The highest BCUT2D eigenvalue weighted by Crippen LogP contribution is 2.43. The lowest BCUT2D eigenvalue weighted by Crippen LogP contribution is -2.29. The van der Waals surface area contributed by atoms with Gasteiger partial charge in [-0.3, -0.25) is 18.6 Å². The Morgan fingerprint density at radius 1 is 0.323 bits per heavy atom. The molecule has 0 saturated carbocycles. The number of allylic oxidation sites excluding steroid dienone is 38. The van der Waals surface area contributed by atoms with E-state index < -0.39 is 32.5 Å². The fourth-order valence-electron chi connectivity index (χ4n) is 8.83. The van der Waals surface area contributed by atoms with Gasteiger partial charge in [-0.25, -0.2) is 4.57 Å². The van der Waals surface area contributed by atoms with Gasteiger partial charge in [-0.15, -0.1) is 0 Å². The van der Waals surface area contributed by atoms with Gasteiger partial charge in [-0.1, -0.05) is 303 Å². The Hall–Kier alpha value is -5.93. The Bertz CT molecular complexity index is 2380. The van der Waals surface area contributed by atoms with Crippen molar-refractivity contribution >= 4 is 19.8 Å². The zero-order valence-corrected chi connectivity index (χ0v) is 59.0. The van der Waals surface area contributed by atoms with Crippen molar-refractivity contribution in [3.05, 3.63) is 231 Å². The number of phosphoric acid groups is 1. The fourth-order valence-corrected chi connectivity index (χ4v) is 9.60. The van der Waals surface area contributed by atoms with Crippen LogP contribution >= 0.6 is 7.82 Å². The van der Waals surface area contributed by atoms with E-state index in [1.165, 1.54) is 44.9 Å². The quantitative estimate of drug-likeness (QED) is 0.0264. The van der Waals surface area contributed by atoms with Crippen molar-refractivity contribution in [2.75, 3.05) is 26.4 Å². The minimum Gasteiger partial charge on any atom is -0.462 e. The van der Waals surface area contributed by atoms with Crippen LogP contribution in [-0.4, -0.2) is 49.3 Å². The smallest absolute Gasteiger partial charge is 0.462 e. The molecule has 0 rings (SSSR count). The topological polar surface area (TPSA) is 134 Å². The van der Waals surface area contributed by atoms with E-state index in [9.17, 15) is 19.0 Å². The highest BCUT2D eigenvalue weighted by molar-refractivity contribution is 7.47. The predicted octanol–water partition coefficient (Wildman–Crippen LogP) is 24.2. The van der Waals surface area contributed by atoms with Gasteiger partial charge < -0.3 is 20.1 Å². The average molecular weight is 1300 g/mol. The summed E-state index contributed by atoms with van der Waals surface area (Å²) in [6.45, 7) is 3.43. The van der Waals surface area contributed by atoms with Crippen molar-refractivity contribution in [2.45, 2.75) is 251 Å². The zero-order chi connectivity index (χ0) is 67.2. The lowest BCUT2D eigenvalue weighted by Gasteiger charge is -2.19. The highest BCUT2D eigenvalue weighted by Gasteiger charge is 2.26. The molecule has 0 spiro atoms. The number of rotatable bonds is 64. The molecular formula is C83H128NO8P. The van der Waals surface area contributed by atoms with Crippen LogP contribution in [0.3, 0.4) is 0 Å². The molecule has 0 saturated heterocycles. The fraction of sp³-hybridized carbons (Fsp3) is 0.518. The standard InChI is InChI=1S/C83H128NO8P/c1-3-5-7-9-11-13-15-17-19-21-23-25-27-29-31-33-35-37-38-39-40-41-42-44-46-48-50-52-54-56-58-60-62-64-66-68-70-72-74-76-83(86)92-81(80-91-93(87,88)90-78-77-84)79-89-82(85)75-73-71-69-67-65-63-61-59-57-55-53-51-49-47-45-43-36-34-32-30-28-26-24-22-20-18-16-14-12-10-8-6-4-2/h5-8,11-14,17-20,23-26,29-32,35-37,39-40,42-44,47-50,54,56,60,62,66,68,81H,3-4,9-10,15-16,21-22,27-28,33-34,38,41,45-46,51-53,55,57-59,61,63-65,67,69-80,84H2,1-2H3,(H,87,88)/b7-5-,8-6-,13-11-,14-12-,19-17-,20-18-,25-23-,26-24-,31-29-,32-30-,37-35-,40-39-,43-36-,44-42-,49-47-,50-48-,56-54-,62-60-,68-66-. The first-order valence-electron chi connectivity index (χ1n) is 35.9. The molecule has 0 aromatic heterocycles. The van der Waals surface area contributed by atoms with Crippen molar-refractivity contribution in [3.8, 4) is 0 Å². The summed E-state index contributed by atoms with van der Waals surface area (Å²) >= 11 is 0. The SMILES string of the molecule is CC/C=C\C/C=C\C/C=C\C/C=C\C/C=C\C/C=C\C/C=C\C/C=C\C/C=C\C/C=C\C/C=C\C/C=C\CCCCC(=O)OC(COC(=O)CCCCCCCCCCCCC/C=C\C/C=C\C/C=C\C/C=C\C/C=C\C/C=C\C/C=C\CC)COP(=O)(O)OCCN. The highest BCUT2D eigenvalue weighted by atomic mass is 31.2. The first kappa shape index (κ1) is 87.1. The van der Waals surface area contributed by atoms with E-state index in [1.807, 2.05) is 0 Å². The zero-order valence-electron chi connectivity index (χ0n) is 58.1. The second kappa shape index (κ2) is 75.1. The number of nitrogens with two attached hydrogens (primary N) is 1. The van der Waals surface area contributed by atoms with E-state index in [0.29, 0.717) is 12.8 Å². The predicted molar refractivity (Wildman–Crippen MR) is 403 cm³/mol. The molecule has 3 N–H and O–H groups in total. The normalized spacial score (nSPS) is 14.3. The largest absolute Gasteiger partial charge is 0.472 e. The van der Waals surface area contributed by atoms with Crippen molar-refractivity contribution in [3.63, 3.8) is 0 Å². The molecule has 0 heterocycles. The maximum Gasteiger partial charge on any atom is 0.472 e. The number of esters is 2. The van der Waals surface area contributed by atoms with Crippen LogP contribution in [-0.2, 0) is 32.7 Å². The van der Waals surface area contributed by atoms with Crippen LogP contribution in [0.25, 0.3) is 0 Å². The summed E-state index contributed by atoms with van der Waals surface area (Å²) in [6.07, 6.45) is 118. The first-order valence-corrected chi connectivity index (χ1v) is 37.4. The number of ether oxygens (including phenoxy) is 2. The Balaban J connectivity index is 4.07. The monoisotopic (exact) mass is 1300 g/mol. The van der Waals surface area contributed by atoms with Gasteiger partial charge in [-0.2, -0.15) is 0 Å². The molecule has 0 radical (unpaired) electrons. The van der Waals surface area contributed by atoms with Crippen LogP contribution in [0.2, 0.25) is 0 Å². The summed E-state index contributed by atoms with van der Waals surface area (Å²) in [6, 6.07) is 0. The molecule has 0 aliphatic carbocycles. The summed E-state index contributed by atoms with van der Waals surface area (Å²) in [5.74, 6) is -0.900. The van der Waals surface area contributed by atoms with Gasteiger partial charge in [0.2, 0.25) is 0 Å². The van der Waals surface area contributed by atoms with Gasteiger partial charge in [0.05, 0.1) is 13.2 Å². The van der Waals surface area contributed by atoms with E-state index in [1.54, 1.807) is 0 Å². The summed E-state index contributed by atoms with van der Waals surface area (Å²) in [7, 11) is -4.43. The Kier molecular flexibility index (Phi) is 70.3. The summed E-state index contributed by atoms with van der Waals surface area (Å²) in [5, 5.41) is 0. The van der Waals surface area contributed by atoms with Crippen LogP contribution < -0.4 is 5.73 Å². The van der Waals surface area contributed by atoms with Gasteiger partial charge in [0, 0.05) is 19.4 Å². The van der Waals surface area contributed by atoms with Crippen molar-refractivity contribution in [1.82, 2.24) is 0 Å². The number of unbranched alkanes of at least 4 members (excludes halogenated alkanes) is 13. The lowest BCUT2D eigenvalue weighted by atomic mass is 10.0. The number of carbonyl (C=O) groups is 2. The van der Waals surface area contributed by atoms with Crippen molar-refractivity contribution < 1.29 is 37.6 Å². The molecule has 93 heavy (non-hydrogen) atoms. The third kappa shape index (κ3) is 75.0. The van der Waals surface area contributed by atoms with Gasteiger partial charge in [0.25, 0.3) is 0 Å². The van der Waals surface area contributed by atoms with Gasteiger partial charge in [-0.05, 0) is 161 Å². The van der Waals surface area contributed by atoms with Crippen LogP contribution in [0.5, 0.6) is 0 Å². The molecule has 0 amide bonds. The molecular weight excluding hydrogens is 1170 g/mol. The molecule has 0 aromatic carbocycles. The Morgan fingerprint density at radius 3 is 0.849 bits per heavy atom. The molecule has 0 bridgehead atoms. The molecule has 10 heteroatoms. The van der Waals surface area contributed by atoms with Gasteiger partial charge in [0.1, 0.15) is 6.61 Å². The van der Waals surface area contributed by atoms with E-state index in [4.69, 9.17) is 24.3 Å². The third-order valence-electron chi connectivity index (χ3n) is 14.0. The van der Waals surface area contributed by atoms with E-state index in [-0.39, 0.29) is 32.6 Å². The van der Waals surface area contributed by atoms with Crippen molar-refractivity contribution in [1.29, 1.82) is 0 Å². The number of phosphoric ester groups is 1. The number of hydrogen-bond acceptors (Lipinski definition) is 8. The van der Waals surface area contributed by atoms with Gasteiger partial charge >= 0.3 is 19.8 Å². The second-order valence-electron chi connectivity index (χ2n) is 22.6. The summed E-state index contributed by atoms with van der Waals surface area (Å²) < 4.78 is 33.1. The van der Waals surface area contributed by atoms with Crippen LogP contribution in [0.4, 0.5) is 0 Å². The molecule has 0 aliphatic heterocycles. The summed E-state index contributed by atoms with van der Waals surface area (Å²) in [4.78, 5) is 35.4. The molecule has 9 nitrogen and oxygen atoms in total. The maximum atomic E-state index is 12.8. The third-order valence-corrected chi connectivity index (χ3v) is 15.0. The molecule has 0 aromatic rings. The molecule has 0 aliphatic rings. The first-order chi connectivity index (χ1) is 45.8. The van der Waals surface area contributed by atoms with Crippen LogP contribution in [0.15, 0.2) is 231 Å². The lowest BCUT2D eigenvalue weighted by molar-refractivity contribution is -0.161. The summed E-state index contributed by atoms with van der Waals surface area (Å²) in [5.41, 5.74) is 5.40.